The van der Waals surface area contributed by atoms with Crippen molar-refractivity contribution >= 4 is 8.56 Å². The van der Waals surface area contributed by atoms with Crippen molar-refractivity contribution in [2.45, 2.75) is 30.5 Å². The third-order valence-electron chi connectivity index (χ3n) is 2.66. The van der Waals surface area contributed by atoms with Crippen LogP contribution in [0.15, 0.2) is 11.9 Å². The summed E-state index contributed by atoms with van der Waals surface area (Å²) in [5, 5.41) is 10.8. The molecule has 138 valence electrons. The highest BCUT2D eigenvalue weighted by molar-refractivity contribution is 6.64. The third kappa shape index (κ3) is 5.98. The number of aliphatic hydroxyl groups is 1. The summed E-state index contributed by atoms with van der Waals surface area (Å²) < 4.78 is 99.1. The number of hydrogen-bond donors (Lipinski definition) is 4. The predicted molar refractivity (Wildman–Crippen MR) is 64.7 cm³/mol. The highest BCUT2D eigenvalue weighted by atomic mass is 28.4. The Morgan fingerprint density at radius 2 is 1.57 bits per heavy atom. The van der Waals surface area contributed by atoms with E-state index >= 15 is 0 Å². The van der Waals surface area contributed by atoms with E-state index in [-0.39, 0.29) is 25.1 Å². The fourth-order valence-corrected chi connectivity index (χ4v) is 2.20. The van der Waals surface area contributed by atoms with E-state index in [1.54, 1.807) is 0 Å². The van der Waals surface area contributed by atoms with Crippen LogP contribution in [0.2, 0.25) is 6.04 Å². The maximum atomic E-state index is 12.9. The molecule has 23 heavy (non-hydrogen) atoms. The molecule has 0 atom stereocenters. The zero-order valence-electron chi connectivity index (χ0n) is 11.5. The first-order valence-electron chi connectivity index (χ1n) is 6.14. The minimum absolute atomic E-state index is 0.0321. The SMILES string of the molecule is OC[Si](O)(O)CCCNC/C=C(\F)C(F)(F)C(F)(F)C(F)(F)F. The van der Waals surface area contributed by atoms with Crippen molar-refractivity contribution in [1.82, 2.24) is 5.32 Å². The molecule has 0 aromatic carbocycles. The van der Waals surface area contributed by atoms with Crippen molar-refractivity contribution in [3.63, 3.8) is 0 Å². The van der Waals surface area contributed by atoms with E-state index in [4.69, 9.17) is 14.7 Å². The van der Waals surface area contributed by atoms with Gasteiger partial charge in [-0.1, -0.05) is 0 Å². The van der Waals surface area contributed by atoms with E-state index in [0.717, 1.165) is 0 Å². The number of rotatable bonds is 9. The quantitative estimate of drug-likeness (QED) is 0.280. The highest BCUT2D eigenvalue weighted by Crippen LogP contribution is 2.49. The van der Waals surface area contributed by atoms with Gasteiger partial charge in [-0.05, 0) is 25.1 Å². The lowest BCUT2D eigenvalue weighted by molar-refractivity contribution is -0.347. The molecule has 0 amide bonds. The molecular formula is C10H15F8NO3Si. The van der Waals surface area contributed by atoms with Crippen LogP contribution >= 0.6 is 0 Å². The van der Waals surface area contributed by atoms with E-state index in [1.165, 1.54) is 0 Å². The lowest BCUT2D eigenvalue weighted by Crippen LogP contribution is -2.52. The van der Waals surface area contributed by atoms with Crippen molar-refractivity contribution in [2.24, 2.45) is 0 Å². The van der Waals surface area contributed by atoms with Gasteiger partial charge in [0.1, 0.15) is 0 Å². The lowest BCUT2D eigenvalue weighted by Gasteiger charge is -2.26. The van der Waals surface area contributed by atoms with Gasteiger partial charge in [-0.3, -0.25) is 0 Å². The van der Waals surface area contributed by atoms with E-state index < -0.39 is 45.2 Å². The predicted octanol–water partition coefficient (Wildman–Crippen LogP) is 1.61. The van der Waals surface area contributed by atoms with Crippen molar-refractivity contribution in [3.05, 3.63) is 11.9 Å². The number of halogens is 8. The highest BCUT2D eigenvalue weighted by Gasteiger charge is 2.74. The fraction of sp³-hybridized carbons (Fsp3) is 0.800. The molecule has 0 rings (SSSR count). The minimum atomic E-state index is -6.62. The fourth-order valence-electron chi connectivity index (χ4n) is 1.30. The molecule has 13 heteroatoms. The molecule has 0 saturated heterocycles. The second-order valence-electron chi connectivity index (χ2n) is 4.65. The molecule has 0 aliphatic carbocycles. The zero-order valence-corrected chi connectivity index (χ0v) is 12.5. The molecule has 0 saturated carbocycles. The van der Waals surface area contributed by atoms with Gasteiger partial charge in [0.05, 0.1) is 6.23 Å². The summed E-state index contributed by atoms with van der Waals surface area (Å²) >= 11 is 0. The normalized spacial score (nSPS) is 15.2. The van der Waals surface area contributed by atoms with Crippen molar-refractivity contribution in [2.75, 3.05) is 19.3 Å². The van der Waals surface area contributed by atoms with Gasteiger partial charge >= 0.3 is 26.6 Å². The van der Waals surface area contributed by atoms with Gasteiger partial charge in [0.2, 0.25) is 0 Å². The Bertz CT molecular complexity index is 413. The van der Waals surface area contributed by atoms with E-state index in [9.17, 15) is 35.1 Å². The summed E-state index contributed by atoms with van der Waals surface area (Å²) in [5.41, 5.74) is 0. The Hall–Kier alpha value is -0.763. The Morgan fingerprint density at radius 1 is 1.04 bits per heavy atom. The topological polar surface area (TPSA) is 72.7 Å². The van der Waals surface area contributed by atoms with E-state index in [1.807, 2.05) is 0 Å². The van der Waals surface area contributed by atoms with E-state index in [2.05, 4.69) is 5.32 Å². The van der Waals surface area contributed by atoms with Crippen molar-refractivity contribution in [3.8, 4) is 0 Å². The first-order valence-corrected chi connectivity index (χ1v) is 8.45. The van der Waals surface area contributed by atoms with Crippen molar-refractivity contribution in [1.29, 1.82) is 0 Å². The molecule has 0 aliphatic heterocycles. The summed E-state index contributed by atoms with van der Waals surface area (Å²) in [6, 6.07) is -0.203. The van der Waals surface area contributed by atoms with Crippen LogP contribution in [-0.4, -0.2) is 60.6 Å². The van der Waals surface area contributed by atoms with Gasteiger partial charge < -0.3 is 20.0 Å². The molecule has 0 unspecified atom stereocenters. The van der Waals surface area contributed by atoms with Gasteiger partial charge in [-0.15, -0.1) is 0 Å². The second-order valence-corrected chi connectivity index (χ2v) is 7.43. The number of allylic oxidation sites excluding steroid dienone is 1. The molecule has 0 fully saturated rings. The smallest absolute Gasteiger partial charge is 0.409 e. The molecule has 0 aromatic rings. The van der Waals surface area contributed by atoms with Crippen LogP contribution in [0.5, 0.6) is 0 Å². The van der Waals surface area contributed by atoms with Gasteiger partial charge in [-0.2, -0.15) is 30.7 Å². The van der Waals surface area contributed by atoms with Crippen LogP contribution in [0.25, 0.3) is 0 Å². The third-order valence-corrected chi connectivity index (χ3v) is 4.32. The van der Waals surface area contributed by atoms with Gasteiger partial charge in [-0.25, -0.2) is 4.39 Å². The molecular weight excluding hydrogens is 362 g/mol. The average Bonchev–Trinajstić information content (AvgIpc) is 2.40. The van der Waals surface area contributed by atoms with Crippen molar-refractivity contribution < 1.29 is 49.8 Å². The van der Waals surface area contributed by atoms with E-state index in [0.29, 0.717) is 0 Å². The van der Waals surface area contributed by atoms with Crippen LogP contribution in [-0.2, 0) is 0 Å². The van der Waals surface area contributed by atoms with Gasteiger partial charge in [0.25, 0.3) is 0 Å². The number of aliphatic hydroxyl groups excluding tert-OH is 1. The molecule has 4 N–H and O–H groups in total. The molecule has 4 nitrogen and oxygen atoms in total. The van der Waals surface area contributed by atoms with Gasteiger partial charge in [0, 0.05) is 6.54 Å². The Labute approximate surface area is 126 Å². The zero-order chi connectivity index (χ0) is 18.5. The lowest BCUT2D eigenvalue weighted by atomic mass is 10.1. The van der Waals surface area contributed by atoms with Crippen LogP contribution < -0.4 is 5.32 Å². The summed E-state index contributed by atoms with van der Waals surface area (Å²) in [6.45, 7) is -0.874. The Morgan fingerprint density at radius 3 is 2.00 bits per heavy atom. The van der Waals surface area contributed by atoms with Crippen LogP contribution in [0.1, 0.15) is 6.42 Å². The molecule has 0 aromatic heterocycles. The minimum Gasteiger partial charge on any atom is -0.409 e. The van der Waals surface area contributed by atoms with Crippen LogP contribution in [0.4, 0.5) is 35.1 Å². The second kappa shape index (κ2) is 7.87. The molecule has 0 radical (unpaired) electrons. The standard InChI is InChI=1S/C10H15F8NO3Si/c11-7(8(12,13)9(14,15)10(16,17)18)2-4-19-3-1-5-23(21,22)6-20/h2,19-22H,1,3-6H2/b7-2-. The molecule has 0 spiro atoms. The van der Waals surface area contributed by atoms with Crippen LogP contribution in [0.3, 0.4) is 0 Å². The number of nitrogens with one attached hydrogen (secondary N) is 1. The Balaban J connectivity index is 4.51. The maximum Gasteiger partial charge on any atom is 0.460 e. The molecule has 0 aliphatic rings. The summed E-state index contributed by atoms with van der Waals surface area (Å²) in [4.78, 5) is 18.2. The van der Waals surface area contributed by atoms with Gasteiger partial charge in [0.15, 0.2) is 5.83 Å². The van der Waals surface area contributed by atoms with Crippen LogP contribution in [0, 0.1) is 0 Å². The number of alkyl halides is 7. The maximum absolute atomic E-state index is 12.9. The first kappa shape index (κ1) is 22.2. The average molecular weight is 377 g/mol. The largest absolute Gasteiger partial charge is 0.460 e. The number of hydrogen-bond acceptors (Lipinski definition) is 4. The summed E-state index contributed by atoms with van der Waals surface area (Å²) in [5.74, 6) is -15.5. The Kier molecular flexibility index (Phi) is 7.61. The molecule has 0 bridgehead atoms. The summed E-state index contributed by atoms with van der Waals surface area (Å²) in [7, 11) is -3.75. The summed E-state index contributed by atoms with van der Waals surface area (Å²) in [6.07, 6.45) is -7.57. The monoisotopic (exact) mass is 377 g/mol. The first-order chi connectivity index (χ1) is 10.2. The molecule has 0 heterocycles.